The molecule has 0 aromatic carbocycles. The summed E-state index contributed by atoms with van der Waals surface area (Å²) in [4.78, 5) is 7.77. The number of hydrogen-bond donors (Lipinski definition) is 0. The van der Waals surface area contributed by atoms with Crippen LogP contribution in [0.3, 0.4) is 0 Å². The average Bonchev–Trinajstić information content (AvgIpc) is 2.29. The van der Waals surface area contributed by atoms with E-state index in [-0.39, 0.29) is 18.6 Å². The van der Waals surface area contributed by atoms with E-state index in [1.165, 1.54) is 6.20 Å². The molecule has 0 radical (unpaired) electrons. The second kappa shape index (κ2) is 5.89. The van der Waals surface area contributed by atoms with Crippen molar-refractivity contribution < 1.29 is 13.6 Å². The number of hydrogen-bond acceptors (Lipinski definition) is 5. The van der Waals surface area contributed by atoms with E-state index in [0.29, 0.717) is 5.69 Å². The molecule has 0 aliphatic heterocycles. The van der Waals surface area contributed by atoms with Gasteiger partial charge in [-0.25, -0.2) is 4.98 Å². The highest BCUT2D eigenvalue weighted by Gasteiger charge is 2.31. The van der Waals surface area contributed by atoms with Gasteiger partial charge in [-0.2, -0.15) is 0 Å². The standard InChI is InChI=1S/C10H15N2O3P/c1-4-14-16(13,15-5-2)10-9(11-3)7-6-8-12-10/h6-8H,3-5H2,1-2H3. The Bertz CT molecular complexity index is 399. The lowest BCUT2D eigenvalue weighted by molar-refractivity contribution is 0.229. The fraction of sp³-hybridized carbons (Fsp3) is 0.400. The molecule has 0 spiro atoms. The van der Waals surface area contributed by atoms with Gasteiger partial charge in [0.05, 0.1) is 18.9 Å². The van der Waals surface area contributed by atoms with Crippen molar-refractivity contribution in [2.75, 3.05) is 13.2 Å². The van der Waals surface area contributed by atoms with Crippen LogP contribution in [0.4, 0.5) is 5.69 Å². The summed E-state index contributed by atoms with van der Waals surface area (Å²) in [5, 5.41) is 0. The number of rotatable bonds is 6. The lowest BCUT2D eigenvalue weighted by Crippen LogP contribution is -2.14. The largest absolute Gasteiger partial charge is 0.381 e. The summed E-state index contributed by atoms with van der Waals surface area (Å²) >= 11 is 0. The molecule has 88 valence electrons. The molecule has 0 saturated heterocycles. The van der Waals surface area contributed by atoms with Crippen molar-refractivity contribution in [3.05, 3.63) is 18.3 Å². The highest BCUT2D eigenvalue weighted by atomic mass is 31.2. The van der Waals surface area contributed by atoms with E-state index in [1.54, 1.807) is 26.0 Å². The predicted molar refractivity (Wildman–Crippen MR) is 63.9 cm³/mol. The molecule has 1 aromatic heterocycles. The molecule has 0 N–H and O–H groups in total. The SMILES string of the molecule is C=Nc1cccnc1P(=O)(OCC)OCC. The van der Waals surface area contributed by atoms with E-state index in [0.717, 1.165) is 0 Å². The van der Waals surface area contributed by atoms with Gasteiger partial charge in [0.15, 0.2) is 5.44 Å². The van der Waals surface area contributed by atoms with Gasteiger partial charge in [0.1, 0.15) is 0 Å². The van der Waals surface area contributed by atoms with Crippen LogP contribution in [0, 0.1) is 0 Å². The molecule has 16 heavy (non-hydrogen) atoms. The van der Waals surface area contributed by atoms with E-state index < -0.39 is 7.60 Å². The minimum absolute atomic E-state index is 0.216. The zero-order valence-electron chi connectivity index (χ0n) is 9.42. The Kier molecular flexibility index (Phi) is 4.80. The predicted octanol–water partition coefficient (Wildman–Crippen LogP) is 2.31. The maximum atomic E-state index is 12.4. The number of aromatic nitrogens is 1. The highest BCUT2D eigenvalue weighted by molar-refractivity contribution is 7.62. The Balaban J connectivity index is 3.20. The smallest absolute Gasteiger partial charge is 0.304 e. The van der Waals surface area contributed by atoms with Gasteiger partial charge in [-0.3, -0.25) is 9.56 Å². The number of pyridine rings is 1. The van der Waals surface area contributed by atoms with Gasteiger partial charge in [0, 0.05) is 6.20 Å². The summed E-state index contributed by atoms with van der Waals surface area (Å²) in [5.41, 5.74) is 0.640. The zero-order chi connectivity index (χ0) is 12.0. The van der Waals surface area contributed by atoms with Crippen LogP contribution in [0.15, 0.2) is 23.3 Å². The Morgan fingerprint density at radius 1 is 1.44 bits per heavy atom. The Morgan fingerprint density at radius 3 is 2.56 bits per heavy atom. The van der Waals surface area contributed by atoms with Crippen molar-refractivity contribution in [1.29, 1.82) is 0 Å². The molecule has 0 aliphatic rings. The summed E-state index contributed by atoms with van der Waals surface area (Å²) in [7, 11) is -3.37. The summed E-state index contributed by atoms with van der Waals surface area (Å²) in [6.07, 6.45) is 1.52. The van der Waals surface area contributed by atoms with Crippen molar-refractivity contribution >= 4 is 25.4 Å². The molecule has 0 atom stereocenters. The maximum absolute atomic E-state index is 12.4. The van der Waals surface area contributed by atoms with Gasteiger partial charge in [-0.1, -0.05) is 0 Å². The molecular weight excluding hydrogens is 227 g/mol. The number of aliphatic imine (C=N–C) groups is 1. The molecule has 0 fully saturated rings. The molecule has 1 heterocycles. The minimum Gasteiger partial charge on any atom is -0.304 e. The lowest BCUT2D eigenvalue weighted by atomic mass is 10.4. The van der Waals surface area contributed by atoms with Crippen LogP contribution >= 0.6 is 7.60 Å². The molecule has 1 aromatic rings. The first-order valence-corrected chi connectivity index (χ1v) is 6.53. The van der Waals surface area contributed by atoms with E-state index in [4.69, 9.17) is 9.05 Å². The second-order valence-electron chi connectivity index (χ2n) is 2.84. The van der Waals surface area contributed by atoms with Crippen molar-refractivity contribution in [3.63, 3.8) is 0 Å². The van der Waals surface area contributed by atoms with E-state index in [2.05, 4.69) is 16.7 Å². The third kappa shape index (κ3) is 2.76. The first kappa shape index (κ1) is 13.0. The van der Waals surface area contributed by atoms with Crippen LogP contribution in [0.25, 0.3) is 0 Å². The first-order chi connectivity index (χ1) is 7.68. The van der Waals surface area contributed by atoms with Crippen LogP contribution in [-0.4, -0.2) is 24.9 Å². The van der Waals surface area contributed by atoms with Crippen LogP contribution in [0.2, 0.25) is 0 Å². The summed E-state index contributed by atoms with van der Waals surface area (Å²) in [6, 6.07) is 3.36. The van der Waals surface area contributed by atoms with Gasteiger partial charge in [0.25, 0.3) is 0 Å². The summed E-state index contributed by atoms with van der Waals surface area (Å²) in [6.45, 7) is 7.46. The van der Waals surface area contributed by atoms with Gasteiger partial charge in [-0.05, 0) is 32.7 Å². The summed E-state index contributed by atoms with van der Waals surface area (Å²) in [5.74, 6) is 0. The van der Waals surface area contributed by atoms with Crippen molar-refractivity contribution in [3.8, 4) is 0 Å². The molecule has 1 rings (SSSR count). The van der Waals surface area contributed by atoms with Gasteiger partial charge < -0.3 is 9.05 Å². The monoisotopic (exact) mass is 242 g/mol. The molecule has 0 aliphatic carbocycles. The van der Waals surface area contributed by atoms with Gasteiger partial charge in [-0.15, -0.1) is 0 Å². The quantitative estimate of drug-likeness (QED) is 0.567. The van der Waals surface area contributed by atoms with E-state index in [9.17, 15) is 4.57 Å². The fourth-order valence-electron chi connectivity index (χ4n) is 1.22. The third-order valence-electron chi connectivity index (χ3n) is 1.79. The average molecular weight is 242 g/mol. The molecule has 0 saturated carbocycles. The van der Waals surface area contributed by atoms with Crippen molar-refractivity contribution in [2.24, 2.45) is 4.99 Å². The second-order valence-corrected chi connectivity index (χ2v) is 4.77. The van der Waals surface area contributed by atoms with Crippen LogP contribution in [0.5, 0.6) is 0 Å². The molecule has 0 bridgehead atoms. The summed E-state index contributed by atoms with van der Waals surface area (Å²) < 4.78 is 22.8. The molecule has 0 amide bonds. The van der Waals surface area contributed by atoms with Crippen LogP contribution in [0.1, 0.15) is 13.8 Å². The molecule has 5 nitrogen and oxygen atoms in total. The highest BCUT2D eigenvalue weighted by Crippen LogP contribution is 2.48. The Morgan fingerprint density at radius 2 is 2.06 bits per heavy atom. The first-order valence-electron chi connectivity index (χ1n) is 4.99. The van der Waals surface area contributed by atoms with E-state index in [1.807, 2.05) is 0 Å². The van der Waals surface area contributed by atoms with E-state index >= 15 is 0 Å². The van der Waals surface area contributed by atoms with Crippen molar-refractivity contribution in [2.45, 2.75) is 13.8 Å². The zero-order valence-corrected chi connectivity index (χ0v) is 10.3. The Hall–Kier alpha value is -1.03. The maximum Gasteiger partial charge on any atom is 0.381 e. The van der Waals surface area contributed by atoms with Crippen LogP contribution in [-0.2, 0) is 13.6 Å². The van der Waals surface area contributed by atoms with Crippen LogP contribution < -0.4 is 5.44 Å². The minimum atomic E-state index is -3.37. The van der Waals surface area contributed by atoms with Gasteiger partial charge >= 0.3 is 7.60 Å². The molecular formula is C10H15N2O3P. The normalized spacial score (nSPS) is 11.4. The fourth-order valence-corrected chi connectivity index (χ4v) is 2.86. The molecule has 0 unspecified atom stereocenters. The lowest BCUT2D eigenvalue weighted by Gasteiger charge is -2.17. The van der Waals surface area contributed by atoms with Crippen molar-refractivity contribution in [1.82, 2.24) is 4.98 Å². The van der Waals surface area contributed by atoms with Gasteiger partial charge in [0.2, 0.25) is 0 Å². The molecule has 6 heteroatoms. The topological polar surface area (TPSA) is 60.8 Å². The number of nitrogens with zero attached hydrogens (tertiary/aromatic N) is 2. The third-order valence-corrected chi connectivity index (χ3v) is 3.85. The Labute approximate surface area is 95.1 Å².